The maximum absolute atomic E-state index is 9.46. The molecule has 0 atom stereocenters. The highest BCUT2D eigenvalue weighted by Crippen LogP contribution is 2.37. The number of benzene rings is 1. The van der Waals surface area contributed by atoms with Gasteiger partial charge in [0, 0.05) is 5.39 Å². The summed E-state index contributed by atoms with van der Waals surface area (Å²) in [6.45, 7) is 1.97. The molecule has 2 nitrogen and oxygen atoms in total. The standard InChI is InChI=1S/C9H9NOS/c1-5-6-3-2-4-7(11)8(6)12-9(5)10/h2-4,11H,10H2,1H3. The molecule has 0 saturated heterocycles. The topological polar surface area (TPSA) is 46.2 Å². The summed E-state index contributed by atoms with van der Waals surface area (Å²) in [5, 5.41) is 11.3. The van der Waals surface area contributed by atoms with Gasteiger partial charge in [0.2, 0.25) is 0 Å². The molecule has 0 spiro atoms. The second kappa shape index (κ2) is 2.38. The van der Waals surface area contributed by atoms with Crippen LogP contribution in [0.15, 0.2) is 18.2 Å². The van der Waals surface area contributed by atoms with Gasteiger partial charge in [0.1, 0.15) is 5.75 Å². The summed E-state index contributed by atoms with van der Waals surface area (Å²) in [6.07, 6.45) is 0. The molecular weight excluding hydrogens is 170 g/mol. The van der Waals surface area contributed by atoms with E-state index >= 15 is 0 Å². The lowest BCUT2D eigenvalue weighted by Gasteiger charge is -1.92. The number of anilines is 1. The number of aromatic hydroxyl groups is 1. The normalized spacial score (nSPS) is 10.8. The van der Waals surface area contributed by atoms with Crippen LogP contribution >= 0.6 is 11.3 Å². The van der Waals surface area contributed by atoms with Crippen molar-refractivity contribution in [3.05, 3.63) is 23.8 Å². The fourth-order valence-electron chi connectivity index (χ4n) is 1.25. The molecule has 12 heavy (non-hydrogen) atoms. The molecule has 1 heterocycles. The van der Waals surface area contributed by atoms with Crippen LogP contribution in [0.3, 0.4) is 0 Å². The zero-order valence-electron chi connectivity index (χ0n) is 6.66. The Balaban J connectivity index is 2.95. The Labute approximate surface area is 74.3 Å². The second-order valence-corrected chi connectivity index (χ2v) is 3.80. The molecule has 0 amide bonds. The molecule has 0 saturated carbocycles. The van der Waals surface area contributed by atoms with Crippen molar-refractivity contribution < 1.29 is 5.11 Å². The zero-order valence-corrected chi connectivity index (χ0v) is 7.48. The molecule has 0 radical (unpaired) electrons. The SMILES string of the molecule is Cc1c(N)sc2c(O)cccc12. The Kier molecular flexibility index (Phi) is 1.48. The smallest absolute Gasteiger partial charge is 0.133 e. The van der Waals surface area contributed by atoms with Gasteiger partial charge in [-0.2, -0.15) is 0 Å². The van der Waals surface area contributed by atoms with Gasteiger partial charge in [-0.1, -0.05) is 12.1 Å². The number of hydrogen-bond acceptors (Lipinski definition) is 3. The Hall–Kier alpha value is -1.22. The molecule has 2 rings (SSSR count). The van der Waals surface area contributed by atoms with Gasteiger partial charge in [-0.15, -0.1) is 11.3 Å². The van der Waals surface area contributed by atoms with Crippen LogP contribution in [-0.2, 0) is 0 Å². The molecule has 0 fully saturated rings. The Morgan fingerprint density at radius 2 is 2.17 bits per heavy atom. The maximum Gasteiger partial charge on any atom is 0.133 e. The van der Waals surface area contributed by atoms with E-state index in [0.29, 0.717) is 5.75 Å². The monoisotopic (exact) mass is 179 g/mol. The van der Waals surface area contributed by atoms with Gasteiger partial charge in [0.15, 0.2) is 0 Å². The lowest BCUT2D eigenvalue weighted by molar-refractivity contribution is 0.482. The first kappa shape index (κ1) is 7.43. The number of phenolic OH excluding ortho intramolecular Hbond substituents is 1. The van der Waals surface area contributed by atoms with Crippen LogP contribution in [0, 0.1) is 6.92 Å². The minimum atomic E-state index is 0.317. The number of fused-ring (bicyclic) bond motifs is 1. The van der Waals surface area contributed by atoms with Gasteiger partial charge in [0.05, 0.1) is 9.70 Å². The van der Waals surface area contributed by atoms with E-state index in [2.05, 4.69) is 0 Å². The summed E-state index contributed by atoms with van der Waals surface area (Å²) in [5.74, 6) is 0.317. The highest BCUT2D eigenvalue weighted by molar-refractivity contribution is 7.23. The van der Waals surface area contributed by atoms with Crippen molar-refractivity contribution in [1.82, 2.24) is 0 Å². The Bertz CT molecular complexity index is 433. The number of nitrogen functional groups attached to an aromatic ring is 1. The molecule has 3 N–H and O–H groups in total. The van der Waals surface area contributed by atoms with E-state index in [-0.39, 0.29) is 0 Å². The Morgan fingerprint density at radius 1 is 1.42 bits per heavy atom. The zero-order chi connectivity index (χ0) is 8.72. The van der Waals surface area contributed by atoms with E-state index in [4.69, 9.17) is 5.73 Å². The highest BCUT2D eigenvalue weighted by Gasteiger charge is 2.07. The molecule has 3 heteroatoms. The highest BCUT2D eigenvalue weighted by atomic mass is 32.1. The predicted octanol–water partition coefficient (Wildman–Crippen LogP) is 2.50. The molecule has 0 bridgehead atoms. The quantitative estimate of drug-likeness (QED) is 0.652. The van der Waals surface area contributed by atoms with Crippen LogP contribution < -0.4 is 5.73 Å². The minimum Gasteiger partial charge on any atom is -0.506 e. The van der Waals surface area contributed by atoms with E-state index in [0.717, 1.165) is 20.7 Å². The van der Waals surface area contributed by atoms with Crippen molar-refractivity contribution >= 4 is 26.4 Å². The van der Waals surface area contributed by atoms with E-state index in [9.17, 15) is 5.11 Å². The van der Waals surface area contributed by atoms with Crippen LogP contribution in [-0.4, -0.2) is 5.11 Å². The first-order valence-corrected chi connectivity index (χ1v) is 4.48. The largest absolute Gasteiger partial charge is 0.506 e. The number of aryl methyl sites for hydroxylation is 1. The molecule has 0 unspecified atom stereocenters. The summed E-state index contributed by atoms with van der Waals surface area (Å²) in [5.41, 5.74) is 6.79. The van der Waals surface area contributed by atoms with Gasteiger partial charge in [0.25, 0.3) is 0 Å². The van der Waals surface area contributed by atoms with Crippen LogP contribution in [0.4, 0.5) is 5.00 Å². The van der Waals surface area contributed by atoms with Crippen molar-refractivity contribution in [2.45, 2.75) is 6.92 Å². The van der Waals surface area contributed by atoms with E-state index < -0.39 is 0 Å². The molecule has 0 aliphatic rings. The van der Waals surface area contributed by atoms with Gasteiger partial charge in [-0.25, -0.2) is 0 Å². The van der Waals surface area contributed by atoms with Crippen molar-refractivity contribution in [3.63, 3.8) is 0 Å². The summed E-state index contributed by atoms with van der Waals surface area (Å²) in [4.78, 5) is 0. The molecular formula is C9H9NOS. The van der Waals surface area contributed by atoms with Crippen molar-refractivity contribution in [3.8, 4) is 5.75 Å². The number of rotatable bonds is 0. The average molecular weight is 179 g/mol. The van der Waals surface area contributed by atoms with Gasteiger partial charge in [-0.05, 0) is 18.6 Å². The second-order valence-electron chi connectivity index (χ2n) is 2.75. The predicted molar refractivity (Wildman–Crippen MR) is 52.6 cm³/mol. The molecule has 62 valence electrons. The number of thiophene rings is 1. The van der Waals surface area contributed by atoms with Crippen molar-refractivity contribution in [1.29, 1.82) is 0 Å². The van der Waals surface area contributed by atoms with E-state index in [1.54, 1.807) is 6.07 Å². The van der Waals surface area contributed by atoms with Crippen LogP contribution in [0.25, 0.3) is 10.1 Å². The molecule has 0 aliphatic carbocycles. The van der Waals surface area contributed by atoms with E-state index in [1.807, 2.05) is 19.1 Å². The first-order chi connectivity index (χ1) is 5.70. The Morgan fingerprint density at radius 3 is 2.83 bits per heavy atom. The fourth-order valence-corrected chi connectivity index (χ4v) is 2.23. The summed E-state index contributed by atoms with van der Waals surface area (Å²) in [6, 6.07) is 5.48. The van der Waals surface area contributed by atoms with Crippen LogP contribution in [0.2, 0.25) is 0 Å². The molecule has 0 aliphatic heterocycles. The van der Waals surface area contributed by atoms with E-state index in [1.165, 1.54) is 11.3 Å². The van der Waals surface area contributed by atoms with Gasteiger partial charge in [-0.3, -0.25) is 0 Å². The molecule has 1 aromatic heterocycles. The first-order valence-electron chi connectivity index (χ1n) is 3.66. The fraction of sp³-hybridized carbons (Fsp3) is 0.111. The minimum absolute atomic E-state index is 0.317. The average Bonchev–Trinajstić information content (AvgIpc) is 2.32. The maximum atomic E-state index is 9.46. The van der Waals surface area contributed by atoms with Crippen molar-refractivity contribution in [2.24, 2.45) is 0 Å². The third-order valence-corrected chi connectivity index (χ3v) is 3.14. The number of hydrogen-bond donors (Lipinski definition) is 2. The van der Waals surface area contributed by atoms with Crippen LogP contribution in [0.5, 0.6) is 5.75 Å². The van der Waals surface area contributed by atoms with Gasteiger partial charge >= 0.3 is 0 Å². The third-order valence-electron chi connectivity index (χ3n) is 1.98. The van der Waals surface area contributed by atoms with Crippen molar-refractivity contribution in [2.75, 3.05) is 5.73 Å². The third kappa shape index (κ3) is 0.865. The lowest BCUT2D eigenvalue weighted by Crippen LogP contribution is -1.79. The lowest BCUT2D eigenvalue weighted by atomic mass is 10.2. The number of nitrogens with two attached hydrogens (primary N) is 1. The molecule has 2 aromatic rings. The molecule has 1 aromatic carbocycles. The summed E-state index contributed by atoms with van der Waals surface area (Å²) >= 11 is 1.43. The van der Waals surface area contributed by atoms with Gasteiger partial charge < -0.3 is 10.8 Å². The van der Waals surface area contributed by atoms with Crippen LogP contribution in [0.1, 0.15) is 5.56 Å². The number of phenols is 1. The summed E-state index contributed by atoms with van der Waals surface area (Å²) < 4.78 is 0.882. The summed E-state index contributed by atoms with van der Waals surface area (Å²) in [7, 11) is 0.